The van der Waals surface area contributed by atoms with Gasteiger partial charge in [0.1, 0.15) is 12.6 Å². The maximum Gasteiger partial charge on any atom is 0.323 e. The number of rotatable bonds is 1. The fourth-order valence-corrected chi connectivity index (χ4v) is 4.72. The van der Waals surface area contributed by atoms with Crippen LogP contribution in [0.25, 0.3) is 0 Å². The Morgan fingerprint density at radius 1 is 1.25 bits per heavy atom. The molecule has 2 heterocycles. The van der Waals surface area contributed by atoms with Gasteiger partial charge in [-0.1, -0.05) is 36.8 Å². The summed E-state index contributed by atoms with van der Waals surface area (Å²) < 4.78 is 5.49. The summed E-state index contributed by atoms with van der Waals surface area (Å²) in [5, 5.41) is 0. The van der Waals surface area contributed by atoms with Crippen LogP contribution in [-0.4, -0.2) is 29.1 Å². The smallest absolute Gasteiger partial charge is 0.323 e. The number of benzene rings is 1. The highest BCUT2D eigenvalue weighted by molar-refractivity contribution is 5.77. The zero-order valence-electron chi connectivity index (χ0n) is 11.9. The topological polar surface area (TPSA) is 29.5 Å². The van der Waals surface area contributed by atoms with Gasteiger partial charge in [-0.25, -0.2) is 0 Å². The Hall–Kier alpha value is -1.35. The van der Waals surface area contributed by atoms with Crippen molar-refractivity contribution in [2.75, 3.05) is 6.61 Å². The van der Waals surface area contributed by atoms with E-state index >= 15 is 0 Å². The molecule has 3 nitrogen and oxygen atoms in total. The molecule has 20 heavy (non-hydrogen) atoms. The summed E-state index contributed by atoms with van der Waals surface area (Å²) in [7, 11) is 0. The Balaban J connectivity index is 1.76. The third-order valence-electron chi connectivity index (χ3n) is 5.72. The zero-order chi connectivity index (χ0) is 13.7. The van der Waals surface area contributed by atoms with Gasteiger partial charge in [-0.3, -0.25) is 9.69 Å². The molecule has 1 unspecified atom stereocenters. The van der Waals surface area contributed by atoms with E-state index in [9.17, 15) is 4.79 Å². The van der Waals surface area contributed by atoms with Gasteiger partial charge < -0.3 is 4.74 Å². The second kappa shape index (κ2) is 4.32. The predicted octanol–water partition coefficient (Wildman–Crippen LogP) is 2.92. The lowest BCUT2D eigenvalue weighted by Crippen LogP contribution is -2.55. The summed E-state index contributed by atoms with van der Waals surface area (Å²) in [5.74, 6) is 0.650. The second-order valence-electron chi connectivity index (χ2n) is 6.66. The molecule has 0 aromatic heterocycles. The van der Waals surface area contributed by atoms with E-state index in [2.05, 4.69) is 36.1 Å². The van der Waals surface area contributed by atoms with Crippen molar-refractivity contribution in [1.82, 2.24) is 4.90 Å². The lowest BCUT2D eigenvalue weighted by Gasteiger charge is -2.45. The second-order valence-corrected chi connectivity index (χ2v) is 6.66. The first-order valence-electron chi connectivity index (χ1n) is 7.70. The average Bonchev–Trinajstić information content (AvgIpc) is 2.96. The van der Waals surface area contributed by atoms with Crippen molar-refractivity contribution in [1.29, 1.82) is 0 Å². The highest BCUT2D eigenvalue weighted by Gasteiger charge is 2.58. The van der Waals surface area contributed by atoms with E-state index in [1.54, 1.807) is 0 Å². The van der Waals surface area contributed by atoms with Crippen LogP contribution in [0.5, 0.6) is 0 Å². The summed E-state index contributed by atoms with van der Waals surface area (Å²) in [6, 6.07) is 10.7. The maximum absolute atomic E-state index is 12.2. The molecule has 4 rings (SSSR count). The lowest BCUT2D eigenvalue weighted by atomic mass is 9.89. The molecule has 2 saturated heterocycles. The van der Waals surface area contributed by atoms with E-state index in [0.717, 1.165) is 6.42 Å². The Morgan fingerprint density at radius 3 is 2.85 bits per heavy atom. The molecule has 1 aromatic rings. The fourth-order valence-electron chi connectivity index (χ4n) is 4.72. The molecule has 3 aliphatic rings. The third kappa shape index (κ3) is 1.59. The average molecular weight is 271 g/mol. The standard InChI is InChI=1S/C17H21NO2/c1-17-9-5-8-13(17)10-14-16(19)20-11-15(18(14)17)12-6-3-2-4-7-12/h2-4,6-7,13-15H,5,8-11H2,1H3/t13-,14?,15-,17-/m1/s1. The zero-order valence-corrected chi connectivity index (χ0v) is 11.9. The summed E-state index contributed by atoms with van der Waals surface area (Å²) in [6.45, 7) is 2.86. The third-order valence-corrected chi connectivity index (χ3v) is 5.72. The molecule has 4 atom stereocenters. The van der Waals surface area contributed by atoms with Gasteiger partial charge in [0.2, 0.25) is 0 Å². The molecule has 0 amide bonds. The number of ether oxygens (including phenoxy) is 1. The number of carbonyl (C=O) groups is 1. The molecule has 0 bridgehead atoms. The predicted molar refractivity (Wildman–Crippen MR) is 76.1 cm³/mol. The Labute approximate surface area is 119 Å². The van der Waals surface area contributed by atoms with E-state index in [4.69, 9.17) is 4.74 Å². The number of hydrogen-bond acceptors (Lipinski definition) is 3. The Kier molecular flexibility index (Phi) is 2.68. The number of nitrogens with zero attached hydrogens (tertiary/aromatic N) is 1. The minimum atomic E-state index is -0.0238. The number of morpholine rings is 1. The van der Waals surface area contributed by atoms with Crippen LogP contribution >= 0.6 is 0 Å². The maximum atomic E-state index is 12.2. The van der Waals surface area contributed by atoms with Gasteiger partial charge in [-0.15, -0.1) is 0 Å². The molecular formula is C17H21NO2. The minimum absolute atomic E-state index is 0.00666. The molecule has 0 radical (unpaired) electrons. The number of hydrogen-bond donors (Lipinski definition) is 0. The first kappa shape index (κ1) is 12.4. The normalized spacial score (nSPS) is 40.2. The van der Waals surface area contributed by atoms with Crippen LogP contribution in [0.2, 0.25) is 0 Å². The number of carbonyl (C=O) groups excluding carboxylic acids is 1. The Morgan fingerprint density at radius 2 is 2.05 bits per heavy atom. The highest BCUT2D eigenvalue weighted by atomic mass is 16.5. The fraction of sp³-hybridized carbons (Fsp3) is 0.588. The van der Waals surface area contributed by atoms with Crippen LogP contribution in [0.4, 0.5) is 0 Å². The van der Waals surface area contributed by atoms with Crippen LogP contribution in [0.15, 0.2) is 30.3 Å². The van der Waals surface area contributed by atoms with Crippen molar-refractivity contribution in [2.24, 2.45) is 5.92 Å². The van der Waals surface area contributed by atoms with Crippen LogP contribution in [0.1, 0.15) is 44.2 Å². The largest absolute Gasteiger partial charge is 0.462 e. The van der Waals surface area contributed by atoms with Crippen molar-refractivity contribution in [2.45, 2.75) is 50.2 Å². The summed E-state index contributed by atoms with van der Waals surface area (Å²) >= 11 is 0. The van der Waals surface area contributed by atoms with Gasteiger partial charge in [-0.05, 0) is 37.7 Å². The van der Waals surface area contributed by atoms with Gasteiger partial charge in [0.25, 0.3) is 0 Å². The van der Waals surface area contributed by atoms with Crippen LogP contribution < -0.4 is 0 Å². The molecular weight excluding hydrogens is 250 g/mol. The molecule has 106 valence electrons. The van der Waals surface area contributed by atoms with Crippen LogP contribution in [0.3, 0.4) is 0 Å². The SMILES string of the molecule is C[C@@]12CCC[C@@H]1CC1C(=O)OC[C@H](c3ccccc3)N12. The molecule has 0 N–H and O–H groups in total. The van der Waals surface area contributed by atoms with E-state index in [-0.39, 0.29) is 23.6 Å². The van der Waals surface area contributed by atoms with Crippen molar-refractivity contribution in [3.8, 4) is 0 Å². The molecule has 0 spiro atoms. The number of fused-ring (bicyclic) bond motifs is 3. The van der Waals surface area contributed by atoms with Crippen LogP contribution in [0, 0.1) is 5.92 Å². The first-order valence-corrected chi connectivity index (χ1v) is 7.70. The van der Waals surface area contributed by atoms with Gasteiger partial charge in [0.15, 0.2) is 0 Å². The summed E-state index contributed by atoms with van der Waals surface area (Å²) in [6.07, 6.45) is 4.75. The van der Waals surface area contributed by atoms with Crippen molar-refractivity contribution < 1.29 is 9.53 Å². The van der Waals surface area contributed by atoms with Gasteiger partial charge in [0.05, 0.1) is 6.04 Å². The van der Waals surface area contributed by atoms with E-state index in [1.807, 2.05) is 6.07 Å². The molecule has 3 fully saturated rings. The summed E-state index contributed by atoms with van der Waals surface area (Å²) in [5.41, 5.74) is 1.46. The molecule has 3 heteroatoms. The van der Waals surface area contributed by atoms with Gasteiger partial charge >= 0.3 is 5.97 Å². The molecule has 1 aliphatic carbocycles. The number of esters is 1. The van der Waals surface area contributed by atoms with Gasteiger partial charge in [-0.2, -0.15) is 0 Å². The van der Waals surface area contributed by atoms with Crippen molar-refractivity contribution in [3.05, 3.63) is 35.9 Å². The van der Waals surface area contributed by atoms with Crippen molar-refractivity contribution >= 4 is 5.97 Å². The molecule has 2 aliphatic heterocycles. The highest BCUT2D eigenvalue weighted by Crippen LogP contribution is 2.54. The van der Waals surface area contributed by atoms with Crippen molar-refractivity contribution in [3.63, 3.8) is 0 Å². The van der Waals surface area contributed by atoms with E-state index in [0.29, 0.717) is 12.5 Å². The lowest BCUT2D eigenvalue weighted by molar-refractivity contribution is -0.165. The first-order chi connectivity index (χ1) is 9.70. The quantitative estimate of drug-likeness (QED) is 0.736. The summed E-state index contributed by atoms with van der Waals surface area (Å²) in [4.78, 5) is 14.7. The van der Waals surface area contributed by atoms with Crippen LogP contribution in [-0.2, 0) is 9.53 Å². The number of cyclic esters (lactones) is 1. The molecule has 1 saturated carbocycles. The van der Waals surface area contributed by atoms with E-state index in [1.165, 1.54) is 24.8 Å². The minimum Gasteiger partial charge on any atom is -0.462 e. The monoisotopic (exact) mass is 271 g/mol. The molecule has 1 aromatic carbocycles. The van der Waals surface area contributed by atoms with Gasteiger partial charge in [0, 0.05) is 5.54 Å². The Bertz CT molecular complexity index is 529. The van der Waals surface area contributed by atoms with E-state index < -0.39 is 0 Å².